The predicted molar refractivity (Wildman–Crippen MR) is 63.1 cm³/mol. The molecule has 90 valence electrons. The second-order valence-corrected chi connectivity index (χ2v) is 3.94. The Hall–Kier alpha value is -2.04. The van der Waals surface area contributed by atoms with E-state index in [9.17, 15) is 4.79 Å². The normalized spacial score (nSPS) is 10.8. The third-order valence-corrected chi connectivity index (χ3v) is 2.40. The van der Waals surface area contributed by atoms with Gasteiger partial charge in [-0.15, -0.1) is 5.10 Å². The molecule has 2 rings (SSSR count). The fourth-order valence-electron chi connectivity index (χ4n) is 1.47. The summed E-state index contributed by atoms with van der Waals surface area (Å²) in [6.07, 6.45) is 0. The number of benzene rings is 1. The highest BCUT2D eigenvalue weighted by Crippen LogP contribution is 2.19. The minimum atomic E-state index is -0.439. The number of hydrogen-bond acceptors (Lipinski definition) is 4. The van der Waals surface area contributed by atoms with Crippen molar-refractivity contribution in [2.75, 3.05) is 7.11 Å². The molecule has 5 nitrogen and oxygen atoms in total. The lowest BCUT2D eigenvalue weighted by Crippen LogP contribution is -2.17. The molecule has 1 aromatic carbocycles. The molecule has 0 saturated carbocycles. The Kier molecular flexibility index (Phi) is 2.99. The van der Waals surface area contributed by atoms with Crippen molar-refractivity contribution in [2.24, 2.45) is 0 Å². The van der Waals surface area contributed by atoms with Crippen LogP contribution in [0, 0.1) is 0 Å². The van der Waals surface area contributed by atoms with Crippen LogP contribution in [-0.2, 0) is 0 Å². The molecule has 0 aliphatic heterocycles. The van der Waals surface area contributed by atoms with E-state index < -0.39 is 5.76 Å². The Bertz CT molecular complexity index is 552. The lowest BCUT2D eigenvalue weighted by molar-refractivity contribution is 0.415. The summed E-state index contributed by atoms with van der Waals surface area (Å²) in [5.41, 5.74) is 0.752. The van der Waals surface area contributed by atoms with Crippen molar-refractivity contribution in [2.45, 2.75) is 19.9 Å². The van der Waals surface area contributed by atoms with E-state index in [0.717, 1.165) is 11.3 Å². The maximum Gasteiger partial charge on any atom is 0.437 e. The standard InChI is InChI=1S/C12H14N2O3/c1-8(2)14-12(15)17-11(13-14)9-4-6-10(16-3)7-5-9/h4-8H,1-3H3. The van der Waals surface area contributed by atoms with Gasteiger partial charge in [-0.2, -0.15) is 4.68 Å². The first-order chi connectivity index (χ1) is 8.11. The van der Waals surface area contributed by atoms with Crippen LogP contribution in [0.15, 0.2) is 33.5 Å². The van der Waals surface area contributed by atoms with Crippen molar-refractivity contribution >= 4 is 0 Å². The molecule has 0 atom stereocenters. The monoisotopic (exact) mass is 234 g/mol. The van der Waals surface area contributed by atoms with Gasteiger partial charge in [0.2, 0.25) is 5.89 Å². The van der Waals surface area contributed by atoms with E-state index in [0.29, 0.717) is 5.89 Å². The van der Waals surface area contributed by atoms with Crippen LogP contribution < -0.4 is 10.5 Å². The molecule has 0 N–H and O–H groups in total. The van der Waals surface area contributed by atoms with Crippen LogP contribution in [0.1, 0.15) is 19.9 Å². The van der Waals surface area contributed by atoms with Gasteiger partial charge in [-0.1, -0.05) is 0 Å². The first-order valence-electron chi connectivity index (χ1n) is 5.36. The van der Waals surface area contributed by atoms with Crippen molar-refractivity contribution in [3.8, 4) is 17.2 Å². The zero-order valence-electron chi connectivity index (χ0n) is 10.0. The summed E-state index contributed by atoms with van der Waals surface area (Å²) in [7, 11) is 1.60. The lowest BCUT2D eigenvalue weighted by atomic mass is 10.2. The molecule has 0 amide bonds. The number of rotatable bonds is 3. The summed E-state index contributed by atoms with van der Waals surface area (Å²) in [6, 6.07) is 7.18. The van der Waals surface area contributed by atoms with Gasteiger partial charge in [-0.05, 0) is 38.1 Å². The highest BCUT2D eigenvalue weighted by atomic mass is 16.5. The molecule has 17 heavy (non-hydrogen) atoms. The predicted octanol–water partition coefficient (Wildman–Crippen LogP) is 2.09. The SMILES string of the molecule is COc1ccc(-c2nn(C(C)C)c(=O)o2)cc1. The molecule has 1 aromatic heterocycles. The summed E-state index contributed by atoms with van der Waals surface area (Å²) in [4.78, 5) is 11.5. The largest absolute Gasteiger partial charge is 0.497 e. The molecule has 0 radical (unpaired) electrons. The molecule has 0 unspecified atom stereocenters. The van der Waals surface area contributed by atoms with Crippen LogP contribution in [0.5, 0.6) is 5.75 Å². The molecular formula is C12H14N2O3. The van der Waals surface area contributed by atoms with Crippen LogP contribution >= 0.6 is 0 Å². The maximum absolute atomic E-state index is 11.5. The fourth-order valence-corrected chi connectivity index (χ4v) is 1.47. The van der Waals surface area contributed by atoms with Crippen molar-refractivity contribution in [3.05, 3.63) is 34.8 Å². The average Bonchev–Trinajstić information content (AvgIpc) is 2.71. The number of methoxy groups -OCH3 is 1. The fraction of sp³-hybridized carbons (Fsp3) is 0.333. The quantitative estimate of drug-likeness (QED) is 0.816. The summed E-state index contributed by atoms with van der Waals surface area (Å²) in [5.74, 6) is 0.636. The van der Waals surface area contributed by atoms with Gasteiger partial charge in [0.15, 0.2) is 0 Å². The summed E-state index contributed by atoms with van der Waals surface area (Å²) in [5, 5.41) is 4.13. The Balaban J connectivity index is 2.39. The smallest absolute Gasteiger partial charge is 0.437 e. The molecule has 0 fully saturated rings. The molecule has 0 aliphatic rings. The molecule has 1 heterocycles. The molecule has 0 saturated heterocycles. The van der Waals surface area contributed by atoms with Crippen LogP contribution in [-0.4, -0.2) is 16.9 Å². The average molecular weight is 234 g/mol. The van der Waals surface area contributed by atoms with Crippen molar-refractivity contribution in [1.29, 1.82) is 0 Å². The van der Waals surface area contributed by atoms with Crippen LogP contribution in [0.25, 0.3) is 11.5 Å². The van der Waals surface area contributed by atoms with E-state index >= 15 is 0 Å². The Morgan fingerprint density at radius 1 is 1.29 bits per heavy atom. The maximum atomic E-state index is 11.5. The van der Waals surface area contributed by atoms with E-state index in [-0.39, 0.29) is 6.04 Å². The molecule has 0 bridgehead atoms. The number of nitrogens with zero attached hydrogens (tertiary/aromatic N) is 2. The first kappa shape index (κ1) is 11.4. The van der Waals surface area contributed by atoms with E-state index in [1.54, 1.807) is 31.4 Å². The van der Waals surface area contributed by atoms with E-state index in [1.165, 1.54) is 4.68 Å². The molecule has 0 aliphatic carbocycles. The summed E-state index contributed by atoms with van der Waals surface area (Å²) in [6.45, 7) is 3.75. The molecule has 5 heteroatoms. The van der Waals surface area contributed by atoms with Gasteiger partial charge in [0.1, 0.15) is 5.75 Å². The minimum Gasteiger partial charge on any atom is -0.497 e. The van der Waals surface area contributed by atoms with Crippen molar-refractivity contribution < 1.29 is 9.15 Å². The van der Waals surface area contributed by atoms with Gasteiger partial charge in [0.05, 0.1) is 13.2 Å². The van der Waals surface area contributed by atoms with Crippen LogP contribution in [0.4, 0.5) is 0 Å². The zero-order chi connectivity index (χ0) is 12.4. The van der Waals surface area contributed by atoms with Gasteiger partial charge in [0.25, 0.3) is 0 Å². The summed E-state index contributed by atoms with van der Waals surface area (Å²) >= 11 is 0. The van der Waals surface area contributed by atoms with Gasteiger partial charge in [-0.25, -0.2) is 4.79 Å². The highest BCUT2D eigenvalue weighted by molar-refractivity contribution is 5.53. The topological polar surface area (TPSA) is 57.3 Å². The highest BCUT2D eigenvalue weighted by Gasteiger charge is 2.12. The number of hydrogen-bond donors (Lipinski definition) is 0. The second-order valence-electron chi connectivity index (χ2n) is 3.94. The third-order valence-electron chi connectivity index (χ3n) is 2.40. The van der Waals surface area contributed by atoms with Crippen LogP contribution in [0.3, 0.4) is 0 Å². The number of aromatic nitrogens is 2. The molecular weight excluding hydrogens is 220 g/mol. The van der Waals surface area contributed by atoms with Gasteiger partial charge in [0, 0.05) is 5.56 Å². The van der Waals surface area contributed by atoms with Crippen molar-refractivity contribution in [3.63, 3.8) is 0 Å². The first-order valence-corrected chi connectivity index (χ1v) is 5.36. The molecule has 0 spiro atoms. The lowest BCUT2D eigenvalue weighted by Gasteiger charge is -2.00. The Labute approximate surface area is 98.6 Å². The van der Waals surface area contributed by atoms with Crippen molar-refractivity contribution in [1.82, 2.24) is 9.78 Å². The molecule has 2 aromatic rings. The minimum absolute atomic E-state index is 0.0155. The van der Waals surface area contributed by atoms with Gasteiger partial charge < -0.3 is 9.15 Å². The van der Waals surface area contributed by atoms with E-state index in [4.69, 9.17) is 9.15 Å². The third kappa shape index (κ3) is 2.22. The van der Waals surface area contributed by atoms with E-state index in [1.807, 2.05) is 13.8 Å². The summed E-state index contributed by atoms with van der Waals surface area (Å²) < 4.78 is 11.5. The van der Waals surface area contributed by atoms with Gasteiger partial charge in [-0.3, -0.25) is 0 Å². The second kappa shape index (κ2) is 4.45. The van der Waals surface area contributed by atoms with Gasteiger partial charge >= 0.3 is 5.76 Å². The van der Waals surface area contributed by atoms with Crippen LogP contribution in [0.2, 0.25) is 0 Å². The van der Waals surface area contributed by atoms with E-state index in [2.05, 4.69) is 5.10 Å². The zero-order valence-corrected chi connectivity index (χ0v) is 10.0. The Morgan fingerprint density at radius 3 is 2.41 bits per heavy atom. The Morgan fingerprint density at radius 2 is 1.94 bits per heavy atom. The number of ether oxygens (including phenoxy) is 1.